The molecule has 0 aromatic carbocycles. The van der Waals surface area contributed by atoms with Crippen molar-refractivity contribution in [3.63, 3.8) is 0 Å². The minimum absolute atomic E-state index is 0.340. The molecule has 0 radical (unpaired) electrons. The fourth-order valence-electron chi connectivity index (χ4n) is 2.10. The molecule has 0 bridgehead atoms. The Morgan fingerprint density at radius 3 is 2.25 bits per heavy atom. The molecule has 0 aliphatic rings. The third-order valence-electron chi connectivity index (χ3n) is 3.34. The van der Waals surface area contributed by atoms with Gasteiger partial charge in [0.25, 0.3) is 0 Å². The van der Waals surface area contributed by atoms with E-state index < -0.39 is 17.1 Å². The smallest absolute Gasteiger partial charge is 0.347 e. The first-order valence-electron chi connectivity index (χ1n) is 7.69. The van der Waals surface area contributed by atoms with E-state index in [1.54, 1.807) is 20.8 Å². The maximum Gasteiger partial charge on any atom is 0.347 e. The van der Waals surface area contributed by atoms with E-state index in [9.17, 15) is 9.90 Å². The van der Waals surface area contributed by atoms with Gasteiger partial charge in [0.05, 0.1) is 11.5 Å². The van der Waals surface area contributed by atoms with Crippen LogP contribution in [0.15, 0.2) is 0 Å². The van der Waals surface area contributed by atoms with Gasteiger partial charge in [0.2, 0.25) is 0 Å². The zero-order valence-corrected chi connectivity index (χ0v) is 14.0. The molecule has 0 aliphatic carbocycles. The van der Waals surface area contributed by atoms with Crippen LogP contribution in [-0.2, 0) is 14.6 Å². The average Bonchev–Trinajstić information content (AvgIpc) is 2.30. The number of unbranched alkanes of at least 4 members (excludes halogenated alkanes) is 3. The van der Waals surface area contributed by atoms with Crippen molar-refractivity contribution in [1.82, 2.24) is 0 Å². The van der Waals surface area contributed by atoms with Gasteiger partial charge in [0, 0.05) is 6.42 Å². The minimum Gasteiger partial charge on any atom is -0.393 e. The van der Waals surface area contributed by atoms with Crippen LogP contribution >= 0.6 is 0 Å². The molecule has 1 unspecified atom stereocenters. The summed E-state index contributed by atoms with van der Waals surface area (Å²) in [4.78, 5) is 22.2. The van der Waals surface area contributed by atoms with Crippen LogP contribution in [0, 0.1) is 5.41 Å². The second kappa shape index (κ2) is 8.63. The highest BCUT2D eigenvalue weighted by molar-refractivity contribution is 5.75. The molecule has 0 aliphatic heterocycles. The lowest BCUT2D eigenvalue weighted by Crippen LogP contribution is -2.34. The molecular weight excluding hydrogens is 256 g/mol. The first-order chi connectivity index (χ1) is 9.10. The predicted molar refractivity (Wildman–Crippen MR) is 80.1 cm³/mol. The van der Waals surface area contributed by atoms with Gasteiger partial charge in [-0.05, 0) is 41.0 Å². The second-order valence-corrected chi connectivity index (χ2v) is 6.96. The first-order valence-corrected chi connectivity index (χ1v) is 7.69. The highest BCUT2D eigenvalue weighted by atomic mass is 17.2. The van der Waals surface area contributed by atoms with Crippen LogP contribution < -0.4 is 0 Å². The van der Waals surface area contributed by atoms with Gasteiger partial charge in [-0.2, -0.15) is 4.89 Å². The molecule has 20 heavy (non-hydrogen) atoms. The Morgan fingerprint density at radius 1 is 1.15 bits per heavy atom. The van der Waals surface area contributed by atoms with Crippen LogP contribution in [0.25, 0.3) is 0 Å². The van der Waals surface area contributed by atoms with Gasteiger partial charge < -0.3 is 5.11 Å². The normalized spacial score (nSPS) is 14.2. The summed E-state index contributed by atoms with van der Waals surface area (Å²) in [6.45, 7) is 11.2. The van der Waals surface area contributed by atoms with E-state index in [-0.39, 0.29) is 5.97 Å². The number of aliphatic hydroxyl groups excluding tert-OH is 1. The summed E-state index contributed by atoms with van der Waals surface area (Å²) >= 11 is 0. The van der Waals surface area contributed by atoms with Crippen LogP contribution in [0.4, 0.5) is 0 Å². The zero-order valence-electron chi connectivity index (χ0n) is 14.0. The number of carbonyl (C=O) groups is 1. The van der Waals surface area contributed by atoms with Gasteiger partial charge in [0.15, 0.2) is 0 Å². The molecule has 0 saturated heterocycles. The van der Waals surface area contributed by atoms with Crippen LogP contribution in [-0.4, -0.2) is 22.8 Å². The predicted octanol–water partition coefficient (Wildman–Crippen LogP) is 4.01. The average molecular weight is 288 g/mol. The van der Waals surface area contributed by atoms with Gasteiger partial charge in [-0.15, -0.1) is 0 Å². The largest absolute Gasteiger partial charge is 0.393 e. The fraction of sp³-hybridized carbons (Fsp3) is 0.938. The van der Waals surface area contributed by atoms with E-state index >= 15 is 0 Å². The third-order valence-corrected chi connectivity index (χ3v) is 3.34. The molecule has 120 valence electrons. The van der Waals surface area contributed by atoms with Gasteiger partial charge in [0.1, 0.15) is 5.60 Å². The molecule has 0 spiro atoms. The summed E-state index contributed by atoms with van der Waals surface area (Å²) < 4.78 is 0. The molecule has 0 aromatic heterocycles. The maximum atomic E-state index is 12.1. The molecule has 0 aromatic rings. The molecule has 1 N–H and O–H groups in total. The van der Waals surface area contributed by atoms with E-state index in [2.05, 4.69) is 6.92 Å². The lowest BCUT2D eigenvalue weighted by Gasteiger charge is -2.27. The van der Waals surface area contributed by atoms with Gasteiger partial charge in [-0.25, -0.2) is 4.79 Å². The van der Waals surface area contributed by atoms with E-state index in [0.29, 0.717) is 6.42 Å². The summed E-state index contributed by atoms with van der Waals surface area (Å²) in [6.07, 6.45) is 5.26. The van der Waals surface area contributed by atoms with Crippen molar-refractivity contribution in [3.8, 4) is 0 Å². The Morgan fingerprint density at radius 2 is 1.75 bits per heavy atom. The highest BCUT2D eigenvalue weighted by Gasteiger charge is 2.32. The number of rotatable bonds is 10. The quantitative estimate of drug-likeness (QED) is 0.375. The van der Waals surface area contributed by atoms with Crippen LogP contribution in [0.5, 0.6) is 0 Å². The molecule has 0 rings (SSSR count). The molecule has 1 atom stereocenters. The summed E-state index contributed by atoms with van der Waals surface area (Å²) in [5.41, 5.74) is -1.21. The van der Waals surface area contributed by atoms with E-state index in [0.717, 1.165) is 19.3 Å². The molecule has 0 heterocycles. The summed E-state index contributed by atoms with van der Waals surface area (Å²) in [5, 5.41) is 9.36. The number of aliphatic hydroxyl groups is 1. The molecule has 4 heteroatoms. The zero-order chi connectivity index (χ0) is 15.8. The van der Waals surface area contributed by atoms with E-state index in [1.807, 2.05) is 13.8 Å². The van der Waals surface area contributed by atoms with Crippen molar-refractivity contribution < 1.29 is 19.7 Å². The number of carbonyl (C=O) groups excluding carboxylic acids is 1. The van der Waals surface area contributed by atoms with Gasteiger partial charge >= 0.3 is 5.97 Å². The van der Waals surface area contributed by atoms with Crippen LogP contribution in [0.3, 0.4) is 0 Å². The standard InChI is InChI=1S/C16H32O4/c1-7-8-9-10-11-15(3,4)14(18)19-20-16(5,6)12-13(2)17/h13,17H,7-12H2,1-6H3. The second-order valence-electron chi connectivity index (χ2n) is 6.96. The summed E-state index contributed by atoms with van der Waals surface area (Å²) in [6, 6.07) is 0. The Hall–Kier alpha value is -0.610. The first kappa shape index (κ1) is 19.4. The highest BCUT2D eigenvalue weighted by Crippen LogP contribution is 2.27. The summed E-state index contributed by atoms with van der Waals surface area (Å²) in [5.74, 6) is -0.340. The fourth-order valence-corrected chi connectivity index (χ4v) is 2.10. The summed E-state index contributed by atoms with van der Waals surface area (Å²) in [7, 11) is 0. The Bertz CT molecular complexity index is 282. The van der Waals surface area contributed by atoms with Crippen molar-refractivity contribution in [2.45, 2.75) is 91.8 Å². The van der Waals surface area contributed by atoms with Crippen molar-refractivity contribution in [1.29, 1.82) is 0 Å². The molecular formula is C16H32O4. The lowest BCUT2D eigenvalue weighted by molar-refractivity contribution is -0.334. The van der Waals surface area contributed by atoms with Crippen molar-refractivity contribution in [2.75, 3.05) is 0 Å². The van der Waals surface area contributed by atoms with E-state index in [4.69, 9.17) is 9.78 Å². The van der Waals surface area contributed by atoms with Crippen molar-refractivity contribution in [2.24, 2.45) is 5.41 Å². The minimum atomic E-state index is -0.678. The van der Waals surface area contributed by atoms with Crippen molar-refractivity contribution in [3.05, 3.63) is 0 Å². The van der Waals surface area contributed by atoms with Crippen LogP contribution in [0.1, 0.15) is 80.1 Å². The van der Waals surface area contributed by atoms with E-state index in [1.165, 1.54) is 12.8 Å². The number of hydrogen-bond donors (Lipinski definition) is 1. The van der Waals surface area contributed by atoms with Gasteiger partial charge in [-0.3, -0.25) is 4.89 Å². The Labute approximate surface area is 123 Å². The molecule has 0 amide bonds. The topological polar surface area (TPSA) is 55.8 Å². The maximum absolute atomic E-state index is 12.1. The van der Waals surface area contributed by atoms with Gasteiger partial charge in [-0.1, -0.05) is 32.6 Å². The Balaban J connectivity index is 4.17. The lowest BCUT2D eigenvalue weighted by atomic mass is 9.87. The molecule has 0 fully saturated rings. The number of hydrogen-bond acceptors (Lipinski definition) is 4. The monoisotopic (exact) mass is 288 g/mol. The SMILES string of the molecule is CCCCCCC(C)(C)C(=O)OOC(C)(C)CC(C)O. The van der Waals surface area contributed by atoms with Crippen LogP contribution in [0.2, 0.25) is 0 Å². The third kappa shape index (κ3) is 8.54. The molecule has 4 nitrogen and oxygen atoms in total. The molecule has 0 saturated carbocycles. The Kier molecular flexibility index (Phi) is 8.36. The van der Waals surface area contributed by atoms with Crippen molar-refractivity contribution >= 4 is 5.97 Å².